The number of carbonyl (C=O) groups excluding carboxylic acids is 1. The fourth-order valence-corrected chi connectivity index (χ4v) is 2.40. The lowest BCUT2D eigenvalue weighted by Crippen LogP contribution is -2.12. The number of amides is 1. The first-order chi connectivity index (χ1) is 11.7. The number of unbranched alkanes of at least 4 members (excludes halogenated alkanes) is 1. The number of hydrogen-bond acceptors (Lipinski definition) is 3. The lowest BCUT2D eigenvalue weighted by atomic mass is 10.1. The van der Waals surface area contributed by atoms with Gasteiger partial charge < -0.3 is 15.8 Å². The summed E-state index contributed by atoms with van der Waals surface area (Å²) in [5.74, 6) is 0.811. The van der Waals surface area contributed by atoms with E-state index in [1.165, 1.54) is 11.1 Å². The van der Waals surface area contributed by atoms with Gasteiger partial charge in [0.25, 0.3) is 0 Å². The molecule has 0 aliphatic carbocycles. The average Bonchev–Trinajstić information content (AvgIpc) is 2.60. The molecule has 0 bridgehead atoms. The topological polar surface area (TPSA) is 64.3 Å². The van der Waals surface area contributed by atoms with E-state index >= 15 is 0 Å². The second kappa shape index (κ2) is 11.5. The van der Waals surface area contributed by atoms with Crippen LogP contribution in [0.3, 0.4) is 0 Å². The Hall–Kier alpha value is -2.04. The second-order valence-corrected chi connectivity index (χ2v) is 5.90. The number of hydrogen-bond donors (Lipinski definition) is 2. The minimum atomic E-state index is 0. The number of anilines is 1. The van der Waals surface area contributed by atoms with Gasteiger partial charge in [-0.15, -0.1) is 12.4 Å². The Balaban J connectivity index is 0.00000312. The van der Waals surface area contributed by atoms with E-state index in [1.54, 1.807) is 0 Å². The Morgan fingerprint density at radius 3 is 2.36 bits per heavy atom. The van der Waals surface area contributed by atoms with Crippen molar-refractivity contribution in [3.8, 4) is 5.75 Å². The molecule has 0 saturated heterocycles. The van der Waals surface area contributed by atoms with Crippen LogP contribution in [0.1, 0.15) is 30.4 Å². The summed E-state index contributed by atoms with van der Waals surface area (Å²) in [6.45, 7) is 3.07. The number of nitrogens with two attached hydrogens (primary N) is 1. The molecule has 5 heteroatoms. The maximum Gasteiger partial charge on any atom is 0.224 e. The third kappa shape index (κ3) is 8.05. The quantitative estimate of drug-likeness (QED) is 0.660. The maximum atomic E-state index is 12.0. The predicted molar refractivity (Wildman–Crippen MR) is 106 cm³/mol. The number of ether oxygens (including phenoxy) is 1. The third-order valence-corrected chi connectivity index (χ3v) is 3.76. The van der Waals surface area contributed by atoms with Crippen molar-refractivity contribution < 1.29 is 9.53 Å². The normalized spacial score (nSPS) is 10.0. The van der Waals surface area contributed by atoms with E-state index in [9.17, 15) is 4.79 Å². The lowest BCUT2D eigenvalue weighted by molar-refractivity contribution is -0.116. The fourth-order valence-electron chi connectivity index (χ4n) is 2.40. The van der Waals surface area contributed by atoms with E-state index in [-0.39, 0.29) is 18.3 Å². The van der Waals surface area contributed by atoms with Crippen molar-refractivity contribution in [2.75, 3.05) is 18.5 Å². The first-order valence-corrected chi connectivity index (χ1v) is 8.46. The number of halogens is 1. The third-order valence-electron chi connectivity index (χ3n) is 3.76. The van der Waals surface area contributed by atoms with Gasteiger partial charge in [0.05, 0.1) is 0 Å². The second-order valence-electron chi connectivity index (χ2n) is 5.90. The standard InChI is InChI=1S/C20H26N2O2.ClH/c1-16-6-8-17(9-7-16)4-2-3-5-20(23)22-18-10-12-19(13-11-18)24-15-14-21;/h6-13H,2-5,14-15,21H2,1H3,(H,22,23);1H. The molecule has 2 rings (SSSR count). The molecule has 1 amide bonds. The van der Waals surface area contributed by atoms with Crippen molar-refractivity contribution in [2.45, 2.75) is 32.6 Å². The SMILES string of the molecule is Cc1ccc(CCCCC(=O)Nc2ccc(OCCN)cc2)cc1.Cl. The van der Waals surface area contributed by atoms with Crippen molar-refractivity contribution >= 4 is 24.0 Å². The molecule has 0 unspecified atom stereocenters. The maximum absolute atomic E-state index is 12.0. The summed E-state index contributed by atoms with van der Waals surface area (Å²) >= 11 is 0. The van der Waals surface area contributed by atoms with Crippen molar-refractivity contribution in [3.05, 3.63) is 59.7 Å². The van der Waals surface area contributed by atoms with Crippen LogP contribution in [0.2, 0.25) is 0 Å². The van der Waals surface area contributed by atoms with Crippen molar-refractivity contribution in [1.82, 2.24) is 0 Å². The van der Waals surface area contributed by atoms with Gasteiger partial charge in [-0.1, -0.05) is 29.8 Å². The molecule has 3 N–H and O–H groups in total. The van der Waals surface area contributed by atoms with Gasteiger partial charge in [-0.05, 0) is 56.0 Å². The van der Waals surface area contributed by atoms with Gasteiger partial charge in [0, 0.05) is 18.7 Å². The molecule has 4 nitrogen and oxygen atoms in total. The van der Waals surface area contributed by atoms with E-state index in [0.717, 1.165) is 30.7 Å². The van der Waals surface area contributed by atoms with E-state index in [2.05, 4.69) is 36.5 Å². The van der Waals surface area contributed by atoms with Crippen molar-refractivity contribution in [1.29, 1.82) is 0 Å². The summed E-state index contributed by atoms with van der Waals surface area (Å²) in [7, 11) is 0. The molecule has 0 heterocycles. The molecule has 0 aliphatic rings. The predicted octanol–water partition coefficient (Wildman–Crippen LogP) is 4.11. The van der Waals surface area contributed by atoms with Crippen LogP contribution in [0.15, 0.2) is 48.5 Å². The fraction of sp³-hybridized carbons (Fsp3) is 0.350. The van der Waals surface area contributed by atoms with E-state index in [0.29, 0.717) is 19.6 Å². The van der Waals surface area contributed by atoms with Gasteiger partial charge in [-0.25, -0.2) is 0 Å². The zero-order valence-corrected chi connectivity index (χ0v) is 15.5. The van der Waals surface area contributed by atoms with Crippen LogP contribution in [0.5, 0.6) is 5.75 Å². The van der Waals surface area contributed by atoms with Gasteiger partial charge in [0.1, 0.15) is 12.4 Å². The highest BCUT2D eigenvalue weighted by atomic mass is 35.5. The van der Waals surface area contributed by atoms with E-state index in [1.807, 2.05) is 24.3 Å². The molecule has 0 atom stereocenters. The molecular formula is C20H27ClN2O2. The van der Waals surface area contributed by atoms with Gasteiger partial charge in [-0.2, -0.15) is 0 Å². The van der Waals surface area contributed by atoms with Crippen LogP contribution < -0.4 is 15.8 Å². The zero-order valence-electron chi connectivity index (χ0n) is 14.7. The van der Waals surface area contributed by atoms with Crippen LogP contribution in [0.4, 0.5) is 5.69 Å². The number of nitrogens with one attached hydrogen (secondary N) is 1. The molecule has 0 fully saturated rings. The molecule has 0 spiro atoms. The van der Waals surface area contributed by atoms with Crippen LogP contribution in [0.25, 0.3) is 0 Å². The molecule has 0 radical (unpaired) electrons. The van der Waals surface area contributed by atoms with Gasteiger partial charge in [-0.3, -0.25) is 4.79 Å². The highest BCUT2D eigenvalue weighted by Gasteiger charge is 2.03. The summed E-state index contributed by atoms with van der Waals surface area (Å²) in [4.78, 5) is 12.0. The number of carbonyl (C=O) groups is 1. The number of benzene rings is 2. The lowest BCUT2D eigenvalue weighted by Gasteiger charge is -2.08. The average molecular weight is 363 g/mol. The summed E-state index contributed by atoms with van der Waals surface area (Å²) < 4.78 is 5.41. The number of aryl methyl sites for hydroxylation is 2. The minimum absolute atomic E-state index is 0. The summed E-state index contributed by atoms with van der Waals surface area (Å²) in [5.41, 5.74) is 8.79. The Labute approximate surface area is 156 Å². The van der Waals surface area contributed by atoms with Crippen LogP contribution >= 0.6 is 12.4 Å². The molecule has 0 aliphatic heterocycles. The molecule has 2 aromatic rings. The van der Waals surface area contributed by atoms with Gasteiger partial charge in [0.2, 0.25) is 5.91 Å². The Bertz CT molecular complexity index is 627. The van der Waals surface area contributed by atoms with Crippen molar-refractivity contribution in [3.63, 3.8) is 0 Å². The largest absolute Gasteiger partial charge is 0.492 e. The van der Waals surface area contributed by atoms with Crippen LogP contribution in [-0.2, 0) is 11.2 Å². The summed E-state index contributed by atoms with van der Waals surface area (Å²) in [6.07, 6.45) is 3.46. The highest BCUT2D eigenvalue weighted by Crippen LogP contribution is 2.16. The summed E-state index contributed by atoms with van der Waals surface area (Å²) in [5, 5.41) is 2.91. The van der Waals surface area contributed by atoms with Crippen LogP contribution in [-0.4, -0.2) is 19.1 Å². The highest BCUT2D eigenvalue weighted by molar-refractivity contribution is 5.90. The van der Waals surface area contributed by atoms with Gasteiger partial charge >= 0.3 is 0 Å². The zero-order chi connectivity index (χ0) is 17.2. The minimum Gasteiger partial charge on any atom is -0.492 e. The van der Waals surface area contributed by atoms with Crippen molar-refractivity contribution in [2.24, 2.45) is 5.73 Å². The van der Waals surface area contributed by atoms with Gasteiger partial charge in [0.15, 0.2) is 0 Å². The Morgan fingerprint density at radius 2 is 1.72 bits per heavy atom. The number of rotatable bonds is 9. The Kier molecular flexibility index (Phi) is 9.66. The van der Waals surface area contributed by atoms with Crippen LogP contribution in [0, 0.1) is 6.92 Å². The molecule has 0 saturated carbocycles. The smallest absolute Gasteiger partial charge is 0.224 e. The summed E-state index contributed by atoms with van der Waals surface area (Å²) in [6, 6.07) is 15.9. The first kappa shape index (κ1) is 21.0. The van der Waals surface area contributed by atoms with E-state index < -0.39 is 0 Å². The molecule has 136 valence electrons. The Morgan fingerprint density at radius 1 is 1.04 bits per heavy atom. The van der Waals surface area contributed by atoms with E-state index in [4.69, 9.17) is 10.5 Å². The monoisotopic (exact) mass is 362 g/mol. The first-order valence-electron chi connectivity index (χ1n) is 8.46. The molecule has 25 heavy (non-hydrogen) atoms. The molecular weight excluding hydrogens is 336 g/mol. The molecule has 0 aromatic heterocycles. The molecule has 2 aromatic carbocycles.